The van der Waals surface area contributed by atoms with Gasteiger partial charge in [-0.25, -0.2) is 0 Å². The third-order valence-electron chi connectivity index (χ3n) is 9.34. The van der Waals surface area contributed by atoms with E-state index in [1.165, 1.54) is 72.4 Å². The molecule has 0 saturated heterocycles. The first-order valence-corrected chi connectivity index (χ1v) is 15.4. The molecule has 0 fully saturated rings. The van der Waals surface area contributed by atoms with Crippen molar-refractivity contribution < 1.29 is 0 Å². The van der Waals surface area contributed by atoms with E-state index in [0.29, 0.717) is 5.92 Å². The number of fused-ring (bicyclic) bond motifs is 6. The van der Waals surface area contributed by atoms with E-state index in [2.05, 4.69) is 173 Å². The van der Waals surface area contributed by atoms with E-state index in [1.54, 1.807) is 0 Å². The monoisotopic (exact) mass is 562 g/mol. The summed E-state index contributed by atoms with van der Waals surface area (Å²) in [6, 6.07) is 55.0. The molecule has 0 amide bonds. The van der Waals surface area contributed by atoms with Crippen LogP contribution < -0.4 is 4.90 Å². The number of anilines is 2. The Kier molecular flexibility index (Phi) is 5.67. The molecule has 0 N–H and O–H groups in total. The zero-order chi connectivity index (χ0) is 29.0. The molecule has 44 heavy (non-hydrogen) atoms. The van der Waals surface area contributed by atoms with Gasteiger partial charge in [0.15, 0.2) is 0 Å². The summed E-state index contributed by atoms with van der Waals surface area (Å²) < 4.78 is 2.38. The second-order valence-electron chi connectivity index (χ2n) is 11.8. The summed E-state index contributed by atoms with van der Waals surface area (Å²) in [4.78, 5) is 2.46. The fourth-order valence-corrected chi connectivity index (χ4v) is 7.28. The van der Waals surface area contributed by atoms with Gasteiger partial charge in [0.25, 0.3) is 0 Å². The Morgan fingerprint density at radius 2 is 1.14 bits per heavy atom. The number of hydrogen-bond donors (Lipinski definition) is 0. The molecule has 7 aromatic rings. The van der Waals surface area contributed by atoms with Crippen molar-refractivity contribution in [2.75, 3.05) is 4.90 Å². The topological polar surface area (TPSA) is 8.17 Å². The second-order valence-corrected chi connectivity index (χ2v) is 11.8. The van der Waals surface area contributed by atoms with Crippen LogP contribution >= 0.6 is 0 Å². The van der Waals surface area contributed by atoms with Crippen LogP contribution in [0.5, 0.6) is 0 Å². The number of aromatic nitrogens is 1. The molecule has 9 rings (SSSR count). The molecule has 2 heterocycles. The molecule has 1 aliphatic carbocycles. The normalized spacial score (nSPS) is 15.6. The first-order valence-electron chi connectivity index (χ1n) is 15.4. The van der Waals surface area contributed by atoms with Crippen molar-refractivity contribution in [2.24, 2.45) is 0 Å². The maximum absolute atomic E-state index is 2.46. The van der Waals surface area contributed by atoms with Crippen LogP contribution in [0.4, 0.5) is 11.4 Å². The van der Waals surface area contributed by atoms with E-state index >= 15 is 0 Å². The Labute approximate surface area is 257 Å². The summed E-state index contributed by atoms with van der Waals surface area (Å²) in [5, 5.41) is 2.58. The molecule has 0 bridgehead atoms. The van der Waals surface area contributed by atoms with Crippen molar-refractivity contribution in [2.45, 2.75) is 12.3 Å². The van der Waals surface area contributed by atoms with Crippen LogP contribution in [-0.2, 0) is 0 Å². The minimum atomic E-state index is 0.321. The molecular formula is C42H30N2. The van der Waals surface area contributed by atoms with Crippen molar-refractivity contribution in [1.29, 1.82) is 0 Å². The molecule has 0 saturated carbocycles. The predicted octanol–water partition coefficient (Wildman–Crippen LogP) is 11.1. The van der Waals surface area contributed by atoms with E-state index in [-0.39, 0.29) is 0 Å². The molecule has 0 radical (unpaired) electrons. The van der Waals surface area contributed by atoms with Crippen molar-refractivity contribution in [3.8, 4) is 16.8 Å². The molecule has 6 aromatic carbocycles. The first kappa shape index (κ1) is 24.9. The highest BCUT2D eigenvalue weighted by molar-refractivity contribution is 6.10. The largest absolute Gasteiger partial charge is 0.313 e. The van der Waals surface area contributed by atoms with E-state index < -0.39 is 0 Å². The van der Waals surface area contributed by atoms with Crippen LogP contribution in [0.1, 0.15) is 23.5 Å². The van der Waals surface area contributed by atoms with Crippen molar-refractivity contribution in [3.63, 3.8) is 0 Å². The summed E-state index contributed by atoms with van der Waals surface area (Å²) in [5.41, 5.74) is 14.1. The predicted molar refractivity (Wildman–Crippen MR) is 185 cm³/mol. The van der Waals surface area contributed by atoms with Gasteiger partial charge >= 0.3 is 0 Å². The average molecular weight is 563 g/mol. The molecule has 208 valence electrons. The number of rotatable bonds is 4. The molecule has 1 aromatic heterocycles. The second kappa shape index (κ2) is 10.00. The number of hydrogen-bond acceptors (Lipinski definition) is 1. The molecule has 2 nitrogen and oxygen atoms in total. The highest BCUT2D eigenvalue weighted by Gasteiger charge is 2.36. The minimum Gasteiger partial charge on any atom is -0.313 e. The van der Waals surface area contributed by atoms with Gasteiger partial charge in [0.2, 0.25) is 0 Å². The molecular weight excluding hydrogens is 532 g/mol. The quantitative estimate of drug-likeness (QED) is 0.207. The van der Waals surface area contributed by atoms with Crippen LogP contribution in [0.25, 0.3) is 44.2 Å². The van der Waals surface area contributed by atoms with Gasteiger partial charge in [-0.3, -0.25) is 0 Å². The zero-order valence-corrected chi connectivity index (χ0v) is 24.3. The Morgan fingerprint density at radius 1 is 0.477 bits per heavy atom. The van der Waals surface area contributed by atoms with Gasteiger partial charge in [0, 0.05) is 39.4 Å². The number of nitrogens with zero attached hydrogens (tertiary/aromatic N) is 2. The maximum Gasteiger partial charge on any atom is 0.0541 e. The fraction of sp³-hybridized carbons (Fsp3) is 0.0476. The van der Waals surface area contributed by atoms with Gasteiger partial charge in [0.05, 0.1) is 11.0 Å². The lowest BCUT2D eigenvalue weighted by molar-refractivity contribution is 0.832. The van der Waals surface area contributed by atoms with Crippen LogP contribution in [0.2, 0.25) is 0 Å². The van der Waals surface area contributed by atoms with Crippen molar-refractivity contribution >= 4 is 38.8 Å². The third-order valence-corrected chi connectivity index (χ3v) is 9.34. The Bertz CT molecular complexity index is 2240. The lowest BCUT2D eigenvalue weighted by Crippen LogP contribution is -2.15. The number of allylic oxidation sites excluding steroid dienone is 4. The van der Waals surface area contributed by atoms with Crippen LogP contribution in [0.15, 0.2) is 170 Å². The Balaban J connectivity index is 1.13. The highest BCUT2D eigenvalue weighted by Crippen LogP contribution is 2.53. The van der Waals surface area contributed by atoms with Crippen molar-refractivity contribution in [1.82, 2.24) is 4.57 Å². The van der Waals surface area contributed by atoms with E-state index in [0.717, 1.165) is 6.42 Å². The molecule has 0 spiro atoms. The van der Waals surface area contributed by atoms with Gasteiger partial charge in [0.1, 0.15) is 0 Å². The standard InChI is InChI=1S/C42H30N2/c1-3-11-29(12-4-1)30-19-23-34(24-20-30)44-40-18-10-8-16-36(40)38-28-32(22-26-42(38)44)31-21-25-41-37(27-31)35-15-7-9-17-39(35)43(41)33-13-5-2-6-14-33/h1-27,38H,28H2. The molecule has 1 unspecified atom stereocenters. The minimum absolute atomic E-state index is 0.321. The van der Waals surface area contributed by atoms with Gasteiger partial charge in [-0.2, -0.15) is 0 Å². The van der Waals surface area contributed by atoms with E-state index in [9.17, 15) is 0 Å². The first-order chi connectivity index (χ1) is 21.8. The van der Waals surface area contributed by atoms with Crippen LogP contribution in [0, 0.1) is 0 Å². The van der Waals surface area contributed by atoms with Crippen LogP contribution in [-0.4, -0.2) is 4.57 Å². The summed E-state index contributed by atoms with van der Waals surface area (Å²) in [6.07, 6.45) is 5.68. The highest BCUT2D eigenvalue weighted by atomic mass is 15.2. The molecule has 1 atom stereocenters. The van der Waals surface area contributed by atoms with E-state index in [4.69, 9.17) is 0 Å². The lowest BCUT2D eigenvalue weighted by atomic mass is 9.84. The maximum atomic E-state index is 2.46. The smallest absolute Gasteiger partial charge is 0.0541 e. The molecule has 2 aliphatic rings. The SMILES string of the molecule is C1=C(c2ccc3c(c2)c2ccccc2n3-c2ccccc2)CC2C(=C1)N(c1ccc(-c3ccccc3)cc1)c1ccccc12. The Morgan fingerprint density at radius 3 is 1.98 bits per heavy atom. The Hall–Kier alpha value is -5.60. The van der Waals surface area contributed by atoms with Gasteiger partial charge in [-0.1, -0.05) is 109 Å². The average Bonchev–Trinajstić information content (AvgIpc) is 3.61. The lowest BCUT2D eigenvalue weighted by Gasteiger charge is -2.26. The zero-order valence-electron chi connectivity index (χ0n) is 24.3. The summed E-state index contributed by atoms with van der Waals surface area (Å²) in [5.74, 6) is 0.321. The van der Waals surface area contributed by atoms with Crippen molar-refractivity contribution in [3.05, 3.63) is 181 Å². The molecule has 2 heteroatoms. The fourth-order valence-electron chi connectivity index (χ4n) is 7.28. The van der Waals surface area contributed by atoms with Gasteiger partial charge in [-0.05, 0) is 88.9 Å². The van der Waals surface area contributed by atoms with E-state index in [1.807, 2.05) is 0 Å². The summed E-state index contributed by atoms with van der Waals surface area (Å²) in [6.45, 7) is 0. The van der Waals surface area contributed by atoms with Gasteiger partial charge in [-0.15, -0.1) is 0 Å². The number of para-hydroxylation sites is 3. The number of benzene rings is 6. The summed E-state index contributed by atoms with van der Waals surface area (Å²) in [7, 11) is 0. The third kappa shape index (κ3) is 3.88. The summed E-state index contributed by atoms with van der Waals surface area (Å²) >= 11 is 0. The van der Waals surface area contributed by atoms with Crippen LogP contribution in [0.3, 0.4) is 0 Å². The van der Waals surface area contributed by atoms with Gasteiger partial charge < -0.3 is 9.47 Å². The molecule has 1 aliphatic heterocycles.